The smallest absolute Gasteiger partial charge is 0.246 e. The van der Waals surface area contributed by atoms with Crippen molar-refractivity contribution in [1.29, 1.82) is 10.5 Å². The Bertz CT molecular complexity index is 3380. The Kier molecular flexibility index (Phi) is 14.3. The van der Waals surface area contributed by atoms with Gasteiger partial charge in [0.1, 0.15) is 58.7 Å². The Morgan fingerprint density at radius 3 is 2.47 bits per heavy atom. The molecule has 0 bridgehead atoms. The number of benzene rings is 3. The van der Waals surface area contributed by atoms with Gasteiger partial charge in [0.25, 0.3) is 0 Å². The van der Waals surface area contributed by atoms with Gasteiger partial charge in [-0.25, -0.2) is 16.8 Å². The molecule has 4 aromatic heterocycles. The van der Waals surface area contributed by atoms with Crippen LogP contribution in [0.4, 0.5) is 0 Å². The number of fused-ring (bicyclic) bond motifs is 2. The lowest BCUT2D eigenvalue weighted by Crippen LogP contribution is -2.56. The summed E-state index contributed by atoms with van der Waals surface area (Å²) in [6.07, 6.45) is 3.61. The zero-order valence-electron chi connectivity index (χ0n) is 38.6. The lowest BCUT2D eigenvalue weighted by molar-refractivity contribution is -0.138. The molecule has 3 unspecified atom stereocenters. The van der Waals surface area contributed by atoms with E-state index in [2.05, 4.69) is 32.0 Å². The SMILES string of the molecule is COc1ccc(C)cc1CN(C)C(=O)C(CC(N(C(CCn1cccc1C#N)C(=O)N1CCn2cnnc2C1)S(=O)(=O)c1cccc2[nH]ccc12)n1cccc1C#N)NS(=O)(=O)c1c(C)cccc1Cl. The molecule has 0 radical (unpaired) electrons. The third kappa shape index (κ3) is 9.79. The molecular formula is C48H49ClN12O7S2. The molecule has 19 nitrogen and oxygen atoms in total. The average molecular weight is 1010 g/mol. The number of hydrogen-bond donors (Lipinski definition) is 2. The summed E-state index contributed by atoms with van der Waals surface area (Å²) in [6.45, 7) is 3.71. The number of nitrogens with one attached hydrogen (secondary N) is 2. The monoisotopic (exact) mass is 1000 g/mol. The molecular weight excluding hydrogens is 956 g/mol. The zero-order valence-corrected chi connectivity index (χ0v) is 41.0. The molecule has 70 heavy (non-hydrogen) atoms. The number of methoxy groups -OCH3 is 1. The van der Waals surface area contributed by atoms with Crippen LogP contribution < -0.4 is 9.46 Å². The Labute approximate surface area is 410 Å². The number of halogens is 1. The number of carbonyl (C=O) groups is 2. The molecule has 3 aromatic carbocycles. The summed E-state index contributed by atoms with van der Waals surface area (Å²) < 4.78 is 75.8. The standard InChI is InChI=1S/C48H49ClN12O7S2/c1-32-15-16-42(68-4)34(25-32)29-56(3)47(62)40(55-69(64,65)46-33(2)9-5-12-38(46)49)26-45(60-21-8-11-36(60)28-51)61(70(66,67)43-14-6-13-39-37(43)17-19-52-39)41(18-22-57-20-7-10-35(57)27-50)48(63)58-23-24-59-31-53-54-44(59)30-58/h5-17,19-21,25,31,40-41,45,52,55H,18,22-24,26,29-30H2,1-4H3. The van der Waals surface area contributed by atoms with Crippen molar-refractivity contribution in [3.05, 3.63) is 149 Å². The second-order valence-corrected chi connectivity index (χ2v) is 20.8. The first-order valence-corrected chi connectivity index (χ1v) is 25.4. The number of ether oxygens (including phenoxy) is 1. The fourth-order valence-electron chi connectivity index (χ4n) is 9.06. The summed E-state index contributed by atoms with van der Waals surface area (Å²) in [7, 11) is -6.70. The molecule has 7 aromatic rings. The van der Waals surface area contributed by atoms with Gasteiger partial charge in [-0.1, -0.05) is 47.5 Å². The highest BCUT2D eigenvalue weighted by molar-refractivity contribution is 7.90. The van der Waals surface area contributed by atoms with Crippen LogP contribution in [0.3, 0.4) is 0 Å². The van der Waals surface area contributed by atoms with Gasteiger partial charge in [-0.05, 0) is 80.4 Å². The summed E-state index contributed by atoms with van der Waals surface area (Å²) >= 11 is 6.58. The fourth-order valence-corrected chi connectivity index (χ4v) is 13.1. The van der Waals surface area contributed by atoms with Gasteiger partial charge in [-0.2, -0.15) is 19.6 Å². The van der Waals surface area contributed by atoms with Crippen molar-refractivity contribution in [2.45, 2.75) is 80.9 Å². The van der Waals surface area contributed by atoms with E-state index >= 15 is 18.0 Å². The number of sulfonamides is 2. The Balaban J connectivity index is 1.35. The third-order valence-electron chi connectivity index (χ3n) is 12.4. The lowest BCUT2D eigenvalue weighted by atomic mass is 10.1. The number of nitriles is 2. The maximum absolute atomic E-state index is 16.2. The first kappa shape index (κ1) is 49.2. The fraction of sp³-hybridized carbons (Fsp3) is 0.292. The van der Waals surface area contributed by atoms with Crippen LogP contribution in [0.15, 0.2) is 120 Å². The molecule has 5 heterocycles. The van der Waals surface area contributed by atoms with E-state index in [1.165, 1.54) is 65.3 Å². The van der Waals surface area contributed by atoms with E-state index in [0.29, 0.717) is 29.2 Å². The number of rotatable bonds is 18. The van der Waals surface area contributed by atoms with Gasteiger partial charge in [-0.3, -0.25) is 9.59 Å². The number of likely N-dealkylation sites (N-methyl/N-ethyl adjacent to an activating group) is 1. The van der Waals surface area contributed by atoms with Gasteiger partial charge in [-0.15, -0.1) is 10.2 Å². The van der Waals surface area contributed by atoms with Gasteiger partial charge >= 0.3 is 0 Å². The predicted octanol–water partition coefficient (Wildman–Crippen LogP) is 5.47. The minimum atomic E-state index is -4.96. The number of H-pyrrole nitrogens is 1. The maximum Gasteiger partial charge on any atom is 0.246 e. The molecule has 22 heteroatoms. The number of hydrogen-bond acceptors (Lipinski definition) is 11. The van der Waals surface area contributed by atoms with Crippen LogP contribution >= 0.6 is 11.6 Å². The summed E-state index contributed by atoms with van der Waals surface area (Å²) in [6, 6.07) is 23.2. The first-order valence-electron chi connectivity index (χ1n) is 22.1. The van der Waals surface area contributed by atoms with E-state index in [4.69, 9.17) is 16.3 Å². The van der Waals surface area contributed by atoms with Crippen LogP contribution in [-0.2, 0) is 55.8 Å². The molecule has 362 valence electrons. The number of aryl methyl sites for hydroxylation is 3. The van der Waals surface area contributed by atoms with Gasteiger partial charge < -0.3 is 33.2 Å². The normalized spacial score (nSPS) is 14.1. The van der Waals surface area contributed by atoms with Gasteiger partial charge in [0.15, 0.2) is 5.82 Å². The van der Waals surface area contributed by atoms with Crippen LogP contribution in [0.5, 0.6) is 5.75 Å². The number of aromatic nitrogens is 6. The summed E-state index contributed by atoms with van der Waals surface area (Å²) in [5.74, 6) is -0.520. The Morgan fingerprint density at radius 1 is 0.957 bits per heavy atom. The second-order valence-electron chi connectivity index (χ2n) is 16.9. The molecule has 0 saturated heterocycles. The van der Waals surface area contributed by atoms with E-state index in [-0.39, 0.29) is 69.8 Å². The highest BCUT2D eigenvalue weighted by Gasteiger charge is 2.47. The molecule has 0 aliphatic carbocycles. The molecule has 2 N–H and O–H groups in total. The lowest BCUT2D eigenvalue weighted by Gasteiger charge is -2.41. The van der Waals surface area contributed by atoms with Gasteiger partial charge in [0.05, 0.1) is 23.6 Å². The Hall–Kier alpha value is -7.27. The highest BCUT2D eigenvalue weighted by Crippen LogP contribution is 2.37. The van der Waals surface area contributed by atoms with Crippen molar-refractivity contribution < 1.29 is 31.2 Å². The number of nitrogens with zero attached hydrogens (tertiary/aromatic N) is 10. The van der Waals surface area contributed by atoms with E-state index in [1.54, 1.807) is 77.0 Å². The van der Waals surface area contributed by atoms with Crippen LogP contribution in [0, 0.1) is 36.5 Å². The largest absolute Gasteiger partial charge is 0.496 e. The number of aromatic amines is 1. The van der Waals surface area contributed by atoms with Crippen molar-refractivity contribution in [2.75, 3.05) is 20.7 Å². The minimum Gasteiger partial charge on any atom is -0.496 e. The molecule has 3 atom stereocenters. The van der Waals surface area contributed by atoms with Gasteiger partial charge in [0, 0.05) is 74.7 Å². The van der Waals surface area contributed by atoms with Crippen molar-refractivity contribution in [2.24, 2.45) is 0 Å². The summed E-state index contributed by atoms with van der Waals surface area (Å²) in [5, 5.41) is 29.0. The van der Waals surface area contributed by atoms with Crippen LogP contribution in [0.1, 0.15) is 52.9 Å². The summed E-state index contributed by atoms with van der Waals surface area (Å²) in [5.41, 5.74) is 2.39. The predicted molar refractivity (Wildman–Crippen MR) is 258 cm³/mol. The Morgan fingerprint density at radius 2 is 1.71 bits per heavy atom. The highest BCUT2D eigenvalue weighted by atomic mass is 35.5. The molecule has 0 spiro atoms. The maximum atomic E-state index is 16.2. The quantitative estimate of drug-likeness (QED) is 0.109. The van der Waals surface area contributed by atoms with Crippen molar-refractivity contribution in [3.8, 4) is 17.9 Å². The van der Waals surface area contributed by atoms with E-state index in [0.717, 1.165) is 9.87 Å². The molecule has 0 fully saturated rings. The topological polar surface area (TPSA) is 237 Å². The second kappa shape index (κ2) is 20.4. The van der Waals surface area contributed by atoms with E-state index < -0.39 is 56.5 Å². The van der Waals surface area contributed by atoms with Crippen LogP contribution in [-0.4, -0.2) is 104 Å². The van der Waals surface area contributed by atoms with Gasteiger partial charge in [0.2, 0.25) is 31.9 Å². The molecule has 1 aliphatic rings. The van der Waals surface area contributed by atoms with Crippen molar-refractivity contribution >= 4 is 54.4 Å². The van der Waals surface area contributed by atoms with Crippen molar-refractivity contribution in [1.82, 2.24) is 47.7 Å². The molecule has 0 saturated carbocycles. The number of amides is 2. The van der Waals surface area contributed by atoms with Crippen LogP contribution in [0.2, 0.25) is 5.02 Å². The number of carbonyl (C=O) groups excluding carboxylic acids is 2. The van der Waals surface area contributed by atoms with Crippen molar-refractivity contribution in [3.63, 3.8) is 0 Å². The average Bonchev–Trinajstić information content (AvgIpc) is 4.19. The molecule has 8 rings (SSSR count). The van der Waals surface area contributed by atoms with E-state index in [1.807, 2.05) is 19.1 Å². The minimum absolute atomic E-state index is 0.0352. The first-order chi connectivity index (χ1) is 33.6. The zero-order chi connectivity index (χ0) is 49.9. The molecule has 1 aliphatic heterocycles. The molecule has 2 amide bonds. The van der Waals surface area contributed by atoms with E-state index in [9.17, 15) is 18.9 Å². The summed E-state index contributed by atoms with van der Waals surface area (Å²) in [4.78, 5) is 36.2. The van der Waals surface area contributed by atoms with Crippen LogP contribution in [0.25, 0.3) is 10.9 Å². The third-order valence-corrected chi connectivity index (χ3v) is 16.5.